The number of benzene rings is 1. The molecule has 0 heterocycles. The van der Waals surface area contributed by atoms with Crippen LogP contribution in [0.3, 0.4) is 0 Å². The molecule has 0 radical (unpaired) electrons. The van der Waals surface area contributed by atoms with Crippen LogP contribution >= 0.6 is 0 Å². The normalized spacial score (nSPS) is 21.2. The molecule has 5 nitrogen and oxygen atoms in total. The van der Waals surface area contributed by atoms with Crippen LogP contribution in [0.5, 0.6) is 5.75 Å². The van der Waals surface area contributed by atoms with Crippen LogP contribution in [0.4, 0.5) is 10.5 Å². The van der Waals surface area contributed by atoms with E-state index in [1.54, 1.807) is 7.11 Å². The number of methoxy groups -OCH3 is 1. The van der Waals surface area contributed by atoms with E-state index in [1.165, 1.54) is 12.8 Å². The lowest BCUT2D eigenvalue weighted by Crippen LogP contribution is -2.39. The summed E-state index contributed by atoms with van der Waals surface area (Å²) < 4.78 is 10.4. The Labute approximate surface area is 132 Å². The van der Waals surface area contributed by atoms with Crippen molar-refractivity contribution in [2.75, 3.05) is 25.6 Å². The lowest BCUT2D eigenvalue weighted by atomic mass is 9.87. The molecule has 0 unspecified atom stereocenters. The van der Waals surface area contributed by atoms with Crippen LogP contribution in [0.25, 0.3) is 0 Å². The Balaban J connectivity index is 1.74. The molecular weight excluding hydrogens is 280 g/mol. The third-order valence-corrected chi connectivity index (χ3v) is 4.02. The summed E-state index contributed by atoms with van der Waals surface area (Å²) in [6.45, 7) is 3.35. The second-order valence-corrected chi connectivity index (χ2v) is 5.92. The van der Waals surface area contributed by atoms with Crippen molar-refractivity contribution in [3.63, 3.8) is 0 Å². The van der Waals surface area contributed by atoms with Crippen LogP contribution in [-0.4, -0.2) is 32.4 Å². The highest BCUT2D eigenvalue weighted by molar-refractivity contribution is 5.89. The van der Waals surface area contributed by atoms with Gasteiger partial charge in [-0.25, -0.2) is 4.79 Å². The molecule has 2 rings (SSSR count). The van der Waals surface area contributed by atoms with Gasteiger partial charge in [0.15, 0.2) is 0 Å². The monoisotopic (exact) mass is 306 g/mol. The van der Waals surface area contributed by atoms with Crippen molar-refractivity contribution in [3.05, 3.63) is 24.3 Å². The van der Waals surface area contributed by atoms with E-state index in [-0.39, 0.29) is 6.03 Å². The van der Waals surface area contributed by atoms with Crippen molar-refractivity contribution in [1.29, 1.82) is 0 Å². The first-order chi connectivity index (χ1) is 10.7. The molecule has 2 N–H and O–H groups in total. The van der Waals surface area contributed by atoms with E-state index >= 15 is 0 Å². The standard InChI is InChI=1S/C17H26N2O3/c1-13-3-5-14(6-4-13)18-17(20)19-15-7-9-16(10-8-15)22-12-11-21-2/h7-10,13-14H,3-6,11-12H2,1-2H3,(H2,18,19,20). The van der Waals surface area contributed by atoms with Gasteiger partial charge in [0.05, 0.1) is 6.61 Å². The molecule has 1 aliphatic rings. The van der Waals surface area contributed by atoms with Gasteiger partial charge in [-0.2, -0.15) is 0 Å². The molecule has 1 aliphatic carbocycles. The molecule has 22 heavy (non-hydrogen) atoms. The largest absolute Gasteiger partial charge is 0.491 e. The Morgan fingerprint density at radius 2 is 1.82 bits per heavy atom. The van der Waals surface area contributed by atoms with Gasteiger partial charge in [-0.15, -0.1) is 0 Å². The summed E-state index contributed by atoms with van der Waals surface area (Å²) in [5, 5.41) is 5.91. The van der Waals surface area contributed by atoms with Gasteiger partial charge >= 0.3 is 6.03 Å². The summed E-state index contributed by atoms with van der Waals surface area (Å²) in [6, 6.07) is 7.52. The molecule has 1 fully saturated rings. The summed E-state index contributed by atoms with van der Waals surface area (Å²) in [7, 11) is 1.64. The topological polar surface area (TPSA) is 59.6 Å². The summed E-state index contributed by atoms with van der Waals surface area (Å²) in [6.07, 6.45) is 4.53. The van der Waals surface area contributed by atoms with Crippen LogP contribution in [0.15, 0.2) is 24.3 Å². The maximum Gasteiger partial charge on any atom is 0.319 e. The molecule has 122 valence electrons. The molecular formula is C17H26N2O3. The minimum atomic E-state index is -0.132. The van der Waals surface area contributed by atoms with E-state index in [9.17, 15) is 4.79 Å². The number of amides is 2. The number of rotatable bonds is 6. The minimum absolute atomic E-state index is 0.132. The average Bonchev–Trinajstić information content (AvgIpc) is 2.51. The fourth-order valence-corrected chi connectivity index (χ4v) is 2.63. The highest BCUT2D eigenvalue weighted by Gasteiger charge is 2.19. The smallest absolute Gasteiger partial charge is 0.319 e. The summed E-state index contributed by atoms with van der Waals surface area (Å²) in [5.74, 6) is 1.55. The van der Waals surface area contributed by atoms with E-state index in [1.807, 2.05) is 24.3 Å². The zero-order valence-electron chi connectivity index (χ0n) is 13.4. The van der Waals surface area contributed by atoms with E-state index < -0.39 is 0 Å². The lowest BCUT2D eigenvalue weighted by Gasteiger charge is -2.26. The van der Waals surface area contributed by atoms with Crippen LogP contribution in [0, 0.1) is 5.92 Å². The molecule has 2 amide bonds. The van der Waals surface area contributed by atoms with Crippen LogP contribution in [-0.2, 0) is 4.74 Å². The van der Waals surface area contributed by atoms with E-state index in [4.69, 9.17) is 9.47 Å². The number of hydrogen-bond donors (Lipinski definition) is 2. The van der Waals surface area contributed by atoms with E-state index in [0.717, 1.165) is 30.2 Å². The fourth-order valence-electron chi connectivity index (χ4n) is 2.63. The number of carbonyl (C=O) groups excluding carboxylic acids is 1. The molecule has 0 atom stereocenters. The zero-order chi connectivity index (χ0) is 15.8. The van der Waals surface area contributed by atoms with Crippen molar-refractivity contribution in [2.45, 2.75) is 38.6 Å². The first-order valence-corrected chi connectivity index (χ1v) is 7.96. The van der Waals surface area contributed by atoms with Gasteiger partial charge in [0.2, 0.25) is 0 Å². The predicted molar refractivity (Wildman–Crippen MR) is 87.4 cm³/mol. The van der Waals surface area contributed by atoms with Crippen molar-refractivity contribution in [2.24, 2.45) is 5.92 Å². The Bertz CT molecular complexity index is 453. The SMILES string of the molecule is COCCOc1ccc(NC(=O)NC2CCC(C)CC2)cc1. The molecule has 0 saturated heterocycles. The molecule has 0 aromatic heterocycles. The number of hydrogen-bond acceptors (Lipinski definition) is 3. The number of carbonyl (C=O) groups is 1. The molecule has 0 aliphatic heterocycles. The minimum Gasteiger partial charge on any atom is -0.491 e. The summed E-state index contributed by atoms with van der Waals surface area (Å²) in [4.78, 5) is 12.0. The second-order valence-electron chi connectivity index (χ2n) is 5.92. The molecule has 0 spiro atoms. The highest BCUT2D eigenvalue weighted by atomic mass is 16.5. The van der Waals surface area contributed by atoms with Crippen molar-refractivity contribution < 1.29 is 14.3 Å². The van der Waals surface area contributed by atoms with Crippen molar-refractivity contribution >= 4 is 11.7 Å². The fraction of sp³-hybridized carbons (Fsp3) is 0.588. The van der Waals surface area contributed by atoms with Crippen LogP contribution in [0.1, 0.15) is 32.6 Å². The van der Waals surface area contributed by atoms with Crippen LogP contribution < -0.4 is 15.4 Å². The van der Waals surface area contributed by atoms with Gasteiger partial charge in [0.25, 0.3) is 0 Å². The van der Waals surface area contributed by atoms with Gasteiger partial charge in [0, 0.05) is 18.8 Å². The van der Waals surface area contributed by atoms with E-state index in [0.29, 0.717) is 19.3 Å². The van der Waals surface area contributed by atoms with Gasteiger partial charge in [-0.1, -0.05) is 6.92 Å². The number of nitrogens with one attached hydrogen (secondary N) is 2. The first-order valence-electron chi connectivity index (χ1n) is 7.96. The predicted octanol–water partition coefficient (Wildman–Crippen LogP) is 3.41. The number of ether oxygens (including phenoxy) is 2. The zero-order valence-corrected chi connectivity index (χ0v) is 13.4. The molecule has 1 aromatic carbocycles. The highest BCUT2D eigenvalue weighted by Crippen LogP contribution is 2.23. The maximum atomic E-state index is 12.0. The van der Waals surface area contributed by atoms with E-state index in [2.05, 4.69) is 17.6 Å². The summed E-state index contributed by atoms with van der Waals surface area (Å²) >= 11 is 0. The van der Waals surface area contributed by atoms with Crippen molar-refractivity contribution in [3.8, 4) is 5.75 Å². The van der Waals surface area contributed by atoms with Gasteiger partial charge < -0.3 is 20.1 Å². The Kier molecular flexibility index (Phi) is 6.52. The van der Waals surface area contributed by atoms with Crippen LogP contribution in [0.2, 0.25) is 0 Å². The molecule has 5 heteroatoms. The Morgan fingerprint density at radius 1 is 1.14 bits per heavy atom. The van der Waals surface area contributed by atoms with Gasteiger partial charge in [-0.05, 0) is 55.9 Å². The second kappa shape index (κ2) is 8.63. The number of anilines is 1. The third-order valence-electron chi connectivity index (χ3n) is 4.02. The van der Waals surface area contributed by atoms with Crippen molar-refractivity contribution in [1.82, 2.24) is 5.32 Å². The van der Waals surface area contributed by atoms with Gasteiger partial charge in [-0.3, -0.25) is 0 Å². The molecule has 1 saturated carbocycles. The maximum absolute atomic E-state index is 12.0. The first kappa shape index (κ1) is 16.6. The summed E-state index contributed by atoms with van der Waals surface area (Å²) in [5.41, 5.74) is 0.765. The third kappa shape index (κ3) is 5.56. The Hall–Kier alpha value is -1.75. The number of urea groups is 1. The molecule has 0 bridgehead atoms. The average molecular weight is 306 g/mol. The quantitative estimate of drug-likeness (QED) is 0.792. The molecule has 1 aromatic rings. The Morgan fingerprint density at radius 3 is 2.45 bits per heavy atom. The lowest BCUT2D eigenvalue weighted by molar-refractivity contribution is 0.146. The van der Waals surface area contributed by atoms with Gasteiger partial charge in [0.1, 0.15) is 12.4 Å².